The zero-order chi connectivity index (χ0) is 22.4. The normalized spacial score (nSPS) is 24.3. The molecule has 168 valence electrons. The number of hydrogen-bond acceptors (Lipinski definition) is 5. The quantitative estimate of drug-likeness (QED) is 0.649. The maximum atomic E-state index is 12.8. The number of fused-ring (bicyclic) bond motifs is 2. The molecule has 6 rings (SSSR count). The van der Waals surface area contributed by atoms with Gasteiger partial charge in [0.25, 0.3) is 5.56 Å². The summed E-state index contributed by atoms with van der Waals surface area (Å²) in [6, 6.07) is 10.6. The summed E-state index contributed by atoms with van der Waals surface area (Å²) >= 11 is 0. The lowest BCUT2D eigenvalue weighted by Gasteiger charge is -2.16. The van der Waals surface area contributed by atoms with Gasteiger partial charge in [-0.25, -0.2) is 4.98 Å². The molecule has 3 aromatic rings. The van der Waals surface area contributed by atoms with Crippen molar-refractivity contribution in [3.63, 3.8) is 0 Å². The van der Waals surface area contributed by atoms with Crippen molar-refractivity contribution in [2.75, 3.05) is 13.1 Å². The molecule has 0 amide bonds. The topological polar surface area (TPSA) is 74.2 Å². The second-order valence-corrected chi connectivity index (χ2v) is 9.88. The second-order valence-electron chi connectivity index (χ2n) is 9.88. The first-order valence-electron chi connectivity index (χ1n) is 12.1. The van der Waals surface area contributed by atoms with Gasteiger partial charge in [0.15, 0.2) is 0 Å². The Morgan fingerprint density at radius 2 is 2.06 bits per heavy atom. The molecule has 2 atom stereocenters. The number of aromatic amines is 1. The zero-order valence-corrected chi connectivity index (χ0v) is 19.0. The predicted octanol–water partition coefficient (Wildman–Crippen LogP) is 4.52. The van der Waals surface area contributed by atoms with E-state index in [0.717, 1.165) is 42.4 Å². The number of allylic oxidation sites excluding steroid dienone is 1. The first kappa shape index (κ1) is 20.5. The highest BCUT2D eigenvalue weighted by atomic mass is 16.1. The molecule has 1 N–H and O–H groups in total. The van der Waals surface area contributed by atoms with E-state index in [1.807, 2.05) is 12.3 Å². The van der Waals surface area contributed by atoms with Crippen molar-refractivity contribution in [3.05, 3.63) is 75.6 Å². The van der Waals surface area contributed by atoms with E-state index < -0.39 is 0 Å². The zero-order valence-electron chi connectivity index (χ0n) is 19.0. The van der Waals surface area contributed by atoms with Gasteiger partial charge in [0.05, 0.1) is 16.8 Å². The van der Waals surface area contributed by atoms with Crippen molar-refractivity contribution in [1.29, 1.82) is 0 Å². The van der Waals surface area contributed by atoms with E-state index in [1.54, 1.807) is 6.21 Å². The summed E-state index contributed by atoms with van der Waals surface area (Å²) in [5.41, 5.74) is 4.51. The number of H-pyrrole nitrogens is 1. The lowest BCUT2D eigenvalue weighted by atomic mass is 9.97. The van der Waals surface area contributed by atoms with Crippen molar-refractivity contribution < 1.29 is 0 Å². The molecular formula is C27H29N5O. The highest BCUT2D eigenvalue weighted by Gasteiger charge is 2.34. The fourth-order valence-corrected chi connectivity index (χ4v) is 5.69. The number of pyridine rings is 1. The van der Waals surface area contributed by atoms with Crippen molar-refractivity contribution in [2.45, 2.75) is 45.1 Å². The lowest BCUT2D eigenvalue weighted by Crippen LogP contribution is -2.23. The van der Waals surface area contributed by atoms with Gasteiger partial charge in [0.2, 0.25) is 0 Å². The van der Waals surface area contributed by atoms with Crippen LogP contribution in [-0.4, -0.2) is 39.2 Å². The molecular weight excluding hydrogens is 410 g/mol. The van der Waals surface area contributed by atoms with Gasteiger partial charge in [-0.1, -0.05) is 38.0 Å². The molecule has 6 nitrogen and oxygen atoms in total. The molecule has 0 unspecified atom stereocenters. The number of nitrogens with zero attached hydrogens (tertiary/aromatic N) is 4. The highest BCUT2D eigenvalue weighted by molar-refractivity contribution is 5.95. The average Bonchev–Trinajstić information content (AvgIpc) is 3.55. The van der Waals surface area contributed by atoms with Gasteiger partial charge < -0.3 is 4.98 Å². The minimum absolute atomic E-state index is 0.0683. The minimum Gasteiger partial charge on any atom is -0.310 e. The fraction of sp³-hybridized carbons (Fsp3) is 0.407. The van der Waals surface area contributed by atoms with Crippen LogP contribution in [0.3, 0.4) is 0 Å². The predicted molar refractivity (Wildman–Crippen MR) is 131 cm³/mol. The molecule has 1 saturated heterocycles. The lowest BCUT2D eigenvalue weighted by molar-refractivity contribution is 0.318. The third-order valence-corrected chi connectivity index (χ3v) is 7.46. The molecule has 2 aliphatic heterocycles. The summed E-state index contributed by atoms with van der Waals surface area (Å²) in [7, 11) is 0. The van der Waals surface area contributed by atoms with Gasteiger partial charge >= 0.3 is 0 Å². The van der Waals surface area contributed by atoms with Crippen molar-refractivity contribution >= 4 is 22.8 Å². The van der Waals surface area contributed by atoms with Crippen LogP contribution in [0.4, 0.5) is 0 Å². The Morgan fingerprint density at radius 3 is 2.94 bits per heavy atom. The summed E-state index contributed by atoms with van der Waals surface area (Å²) in [4.78, 5) is 32.3. The Hall–Kier alpha value is -3.12. The van der Waals surface area contributed by atoms with Crippen molar-refractivity contribution in [3.8, 4) is 0 Å². The molecule has 4 heterocycles. The molecule has 6 heteroatoms. The molecule has 1 aliphatic carbocycles. The SMILES string of the molecule is C[C@@H]1CN(Cc2ccc3ncccc3c2)C[C@H]1c1nc2c(c(=O)[nH]1)C=N/C2=C\C1CCCC1. The Bertz CT molecular complexity index is 1320. The number of likely N-dealkylation sites (tertiary alicyclic amines) is 1. The highest BCUT2D eigenvalue weighted by Crippen LogP contribution is 2.34. The standard InChI is InChI=1S/C27H29N5O/c1-17-14-32(15-19-8-9-23-20(11-19)7-4-10-28-23)16-22(17)26-30-25-21(27(33)31-26)13-29-24(25)12-18-5-2-3-6-18/h4,7-13,17-18,22H,2-3,5-6,14-16H2,1H3,(H,30,31,33)/b24-12-/t17-,22-/m1/s1. The third kappa shape index (κ3) is 3.93. The smallest absolute Gasteiger partial charge is 0.260 e. The van der Waals surface area contributed by atoms with E-state index in [9.17, 15) is 4.79 Å². The van der Waals surface area contributed by atoms with E-state index in [2.05, 4.69) is 57.1 Å². The van der Waals surface area contributed by atoms with Crippen LogP contribution in [0, 0.1) is 11.8 Å². The molecule has 2 aromatic heterocycles. The van der Waals surface area contributed by atoms with Gasteiger partial charge in [-0.15, -0.1) is 0 Å². The van der Waals surface area contributed by atoms with Crippen LogP contribution in [0.1, 0.15) is 61.2 Å². The number of benzene rings is 1. The first-order chi connectivity index (χ1) is 16.1. The van der Waals surface area contributed by atoms with Crippen LogP contribution in [0.25, 0.3) is 16.6 Å². The monoisotopic (exact) mass is 439 g/mol. The van der Waals surface area contributed by atoms with Gasteiger partial charge in [-0.3, -0.25) is 19.7 Å². The average molecular weight is 440 g/mol. The van der Waals surface area contributed by atoms with Crippen LogP contribution >= 0.6 is 0 Å². The summed E-state index contributed by atoms with van der Waals surface area (Å²) in [5, 5.41) is 1.17. The van der Waals surface area contributed by atoms with Crippen LogP contribution in [-0.2, 0) is 6.54 Å². The molecule has 0 bridgehead atoms. The van der Waals surface area contributed by atoms with Gasteiger partial charge in [-0.05, 0) is 48.4 Å². The molecule has 3 aliphatic rings. The largest absolute Gasteiger partial charge is 0.310 e. The summed E-state index contributed by atoms with van der Waals surface area (Å²) < 4.78 is 0. The number of nitrogens with one attached hydrogen (secondary N) is 1. The number of aliphatic imine (C=N–C) groups is 1. The first-order valence-corrected chi connectivity index (χ1v) is 12.1. The van der Waals surface area contributed by atoms with Crippen LogP contribution < -0.4 is 5.56 Å². The van der Waals surface area contributed by atoms with Gasteiger partial charge in [0.1, 0.15) is 11.5 Å². The third-order valence-electron chi connectivity index (χ3n) is 7.46. The molecule has 0 spiro atoms. The Labute approximate surface area is 193 Å². The maximum Gasteiger partial charge on any atom is 0.260 e. The number of aromatic nitrogens is 3. The van der Waals surface area contributed by atoms with Crippen molar-refractivity contribution in [1.82, 2.24) is 19.9 Å². The molecule has 0 radical (unpaired) electrons. The Kier molecular flexibility index (Phi) is 5.18. The Morgan fingerprint density at radius 1 is 1.18 bits per heavy atom. The maximum absolute atomic E-state index is 12.8. The van der Waals surface area contributed by atoms with E-state index in [1.165, 1.54) is 36.6 Å². The second kappa shape index (κ2) is 8.34. The van der Waals surface area contributed by atoms with Gasteiger partial charge in [-0.2, -0.15) is 0 Å². The molecule has 1 saturated carbocycles. The molecule has 2 fully saturated rings. The molecule has 1 aromatic carbocycles. The van der Waals surface area contributed by atoms with E-state index in [4.69, 9.17) is 4.98 Å². The summed E-state index contributed by atoms with van der Waals surface area (Å²) in [5.74, 6) is 1.99. The van der Waals surface area contributed by atoms with Crippen LogP contribution in [0.2, 0.25) is 0 Å². The fourth-order valence-electron chi connectivity index (χ4n) is 5.69. The number of rotatable bonds is 4. The van der Waals surface area contributed by atoms with E-state index >= 15 is 0 Å². The minimum atomic E-state index is -0.0683. The van der Waals surface area contributed by atoms with Crippen LogP contribution in [0.5, 0.6) is 0 Å². The summed E-state index contributed by atoms with van der Waals surface area (Å²) in [6.45, 7) is 5.01. The number of hydrogen-bond donors (Lipinski definition) is 1. The van der Waals surface area contributed by atoms with Crippen molar-refractivity contribution in [2.24, 2.45) is 16.8 Å². The summed E-state index contributed by atoms with van der Waals surface area (Å²) in [6.07, 6.45) is 10.7. The van der Waals surface area contributed by atoms with E-state index in [0.29, 0.717) is 17.4 Å². The van der Waals surface area contributed by atoms with Crippen LogP contribution in [0.15, 0.2) is 52.4 Å². The molecule has 33 heavy (non-hydrogen) atoms. The van der Waals surface area contributed by atoms with E-state index in [-0.39, 0.29) is 11.5 Å². The Balaban J connectivity index is 1.23. The van der Waals surface area contributed by atoms with Gasteiger partial charge in [0, 0.05) is 43.3 Å².